The topological polar surface area (TPSA) is 60.9 Å². The van der Waals surface area contributed by atoms with E-state index >= 15 is 0 Å². The van der Waals surface area contributed by atoms with Crippen LogP contribution in [0.5, 0.6) is 0 Å². The highest BCUT2D eigenvalue weighted by Crippen LogP contribution is 2.19. The molecule has 0 aromatic heterocycles. The van der Waals surface area contributed by atoms with Crippen molar-refractivity contribution in [2.75, 3.05) is 33.7 Å². The molecule has 1 rings (SSSR count). The van der Waals surface area contributed by atoms with E-state index < -0.39 is 5.97 Å². The van der Waals surface area contributed by atoms with Crippen molar-refractivity contribution >= 4 is 11.9 Å². The molecular weight excluding hydrogens is 232 g/mol. The number of likely N-dealkylation sites (tertiary alicyclic amines) is 1. The van der Waals surface area contributed by atoms with Gasteiger partial charge in [-0.1, -0.05) is 0 Å². The van der Waals surface area contributed by atoms with E-state index in [-0.39, 0.29) is 12.3 Å². The van der Waals surface area contributed by atoms with Crippen LogP contribution < -0.4 is 0 Å². The van der Waals surface area contributed by atoms with Crippen LogP contribution in [0.15, 0.2) is 0 Å². The maximum absolute atomic E-state index is 12.0. The predicted octanol–water partition coefficient (Wildman–Crippen LogP) is 1.04. The van der Waals surface area contributed by atoms with Crippen LogP contribution in [0.4, 0.5) is 0 Å². The average Bonchev–Trinajstić information content (AvgIpc) is 2.28. The summed E-state index contributed by atoms with van der Waals surface area (Å²) in [7, 11) is 3.85. The van der Waals surface area contributed by atoms with E-state index in [9.17, 15) is 9.59 Å². The first kappa shape index (κ1) is 15.0. The molecule has 104 valence electrons. The molecule has 0 saturated carbocycles. The van der Waals surface area contributed by atoms with Crippen molar-refractivity contribution in [3.05, 3.63) is 0 Å². The monoisotopic (exact) mass is 256 g/mol. The number of carbonyl (C=O) groups is 2. The zero-order chi connectivity index (χ0) is 13.5. The van der Waals surface area contributed by atoms with Crippen LogP contribution in [0.1, 0.15) is 32.1 Å². The van der Waals surface area contributed by atoms with Gasteiger partial charge in [0.15, 0.2) is 0 Å². The van der Waals surface area contributed by atoms with Crippen molar-refractivity contribution in [1.82, 2.24) is 9.80 Å². The zero-order valence-electron chi connectivity index (χ0n) is 11.4. The summed E-state index contributed by atoms with van der Waals surface area (Å²) in [6, 6.07) is 0. The fraction of sp³-hybridized carbons (Fsp3) is 0.846. The third kappa shape index (κ3) is 5.49. The quantitative estimate of drug-likeness (QED) is 0.771. The minimum Gasteiger partial charge on any atom is -0.481 e. The SMILES string of the molecule is CN1CCCC(CC(=O)N(C)CCCC(=O)O)C1. The maximum atomic E-state index is 12.0. The van der Waals surface area contributed by atoms with Crippen molar-refractivity contribution in [1.29, 1.82) is 0 Å². The van der Waals surface area contributed by atoms with Crippen LogP contribution >= 0.6 is 0 Å². The van der Waals surface area contributed by atoms with Gasteiger partial charge in [-0.15, -0.1) is 0 Å². The number of piperidine rings is 1. The Morgan fingerprint density at radius 1 is 1.44 bits per heavy atom. The van der Waals surface area contributed by atoms with Crippen LogP contribution in [0, 0.1) is 5.92 Å². The molecule has 1 atom stereocenters. The van der Waals surface area contributed by atoms with Gasteiger partial charge in [-0.3, -0.25) is 9.59 Å². The standard InChI is InChI=1S/C13H24N2O3/c1-14-7-3-5-11(10-14)9-12(16)15(2)8-4-6-13(17)18/h11H,3-10H2,1-2H3,(H,17,18). The van der Waals surface area contributed by atoms with Gasteiger partial charge in [0.05, 0.1) is 0 Å². The summed E-state index contributed by atoms with van der Waals surface area (Å²) in [6.45, 7) is 2.65. The molecule has 1 heterocycles. The number of carbonyl (C=O) groups excluding carboxylic acids is 1. The van der Waals surface area contributed by atoms with Gasteiger partial charge < -0.3 is 14.9 Å². The van der Waals surface area contributed by atoms with Gasteiger partial charge in [-0.25, -0.2) is 0 Å². The van der Waals surface area contributed by atoms with Gasteiger partial charge in [0, 0.05) is 33.0 Å². The van der Waals surface area contributed by atoms with E-state index in [0.717, 1.165) is 25.9 Å². The Kier molecular flexibility index (Phi) is 6.12. The number of carboxylic acids is 1. The molecule has 1 N–H and O–H groups in total. The molecule has 1 aliphatic rings. The molecule has 0 aromatic carbocycles. The highest BCUT2D eigenvalue weighted by Gasteiger charge is 2.21. The Morgan fingerprint density at radius 3 is 2.78 bits per heavy atom. The minimum atomic E-state index is -0.801. The van der Waals surface area contributed by atoms with Gasteiger partial charge in [0.25, 0.3) is 0 Å². The normalized spacial score (nSPS) is 20.7. The zero-order valence-corrected chi connectivity index (χ0v) is 11.4. The van der Waals surface area contributed by atoms with Crippen molar-refractivity contribution in [3.63, 3.8) is 0 Å². The van der Waals surface area contributed by atoms with Crippen LogP contribution in [0.25, 0.3) is 0 Å². The first-order valence-corrected chi connectivity index (χ1v) is 6.63. The number of amides is 1. The Balaban J connectivity index is 2.24. The number of nitrogens with zero attached hydrogens (tertiary/aromatic N) is 2. The molecule has 0 aromatic rings. The van der Waals surface area contributed by atoms with Crippen molar-refractivity contribution in [2.45, 2.75) is 32.1 Å². The molecule has 1 aliphatic heterocycles. The number of rotatable bonds is 6. The third-order valence-corrected chi connectivity index (χ3v) is 3.50. The molecule has 1 fully saturated rings. The Bertz CT molecular complexity index is 294. The van der Waals surface area contributed by atoms with E-state index in [1.54, 1.807) is 11.9 Å². The molecule has 5 heteroatoms. The van der Waals surface area contributed by atoms with Crippen molar-refractivity contribution < 1.29 is 14.7 Å². The molecule has 1 unspecified atom stereocenters. The highest BCUT2D eigenvalue weighted by molar-refractivity contribution is 5.76. The van der Waals surface area contributed by atoms with Crippen LogP contribution in [-0.2, 0) is 9.59 Å². The van der Waals surface area contributed by atoms with E-state index in [0.29, 0.717) is 25.3 Å². The van der Waals surface area contributed by atoms with Crippen LogP contribution in [0.2, 0.25) is 0 Å². The van der Waals surface area contributed by atoms with Crippen LogP contribution in [-0.4, -0.2) is 60.5 Å². The number of hydrogen-bond donors (Lipinski definition) is 1. The second kappa shape index (κ2) is 7.36. The predicted molar refractivity (Wildman–Crippen MR) is 69.3 cm³/mol. The Morgan fingerprint density at radius 2 is 2.17 bits per heavy atom. The smallest absolute Gasteiger partial charge is 0.303 e. The minimum absolute atomic E-state index is 0.129. The van der Waals surface area contributed by atoms with E-state index in [2.05, 4.69) is 11.9 Å². The molecule has 0 spiro atoms. The van der Waals surface area contributed by atoms with Gasteiger partial charge in [-0.2, -0.15) is 0 Å². The summed E-state index contributed by atoms with van der Waals surface area (Å²) in [6.07, 6.45) is 3.54. The highest BCUT2D eigenvalue weighted by atomic mass is 16.4. The number of aliphatic carboxylic acids is 1. The largest absolute Gasteiger partial charge is 0.481 e. The van der Waals surface area contributed by atoms with Gasteiger partial charge in [0.1, 0.15) is 0 Å². The first-order chi connectivity index (χ1) is 8.49. The molecule has 0 aliphatic carbocycles. The molecule has 1 saturated heterocycles. The summed E-state index contributed by atoms with van der Waals surface area (Å²) >= 11 is 0. The third-order valence-electron chi connectivity index (χ3n) is 3.50. The lowest BCUT2D eigenvalue weighted by Crippen LogP contribution is -2.36. The molecule has 1 amide bonds. The lowest BCUT2D eigenvalue weighted by molar-refractivity contribution is -0.138. The van der Waals surface area contributed by atoms with Gasteiger partial charge >= 0.3 is 5.97 Å². The van der Waals surface area contributed by atoms with E-state index in [1.165, 1.54) is 0 Å². The molecule has 5 nitrogen and oxygen atoms in total. The summed E-state index contributed by atoms with van der Waals surface area (Å²) in [4.78, 5) is 26.3. The lowest BCUT2D eigenvalue weighted by atomic mass is 9.94. The summed E-state index contributed by atoms with van der Waals surface area (Å²) in [5.74, 6) is -0.205. The Labute approximate surface area is 109 Å². The summed E-state index contributed by atoms with van der Waals surface area (Å²) in [5.41, 5.74) is 0. The van der Waals surface area contributed by atoms with Crippen molar-refractivity contribution in [2.24, 2.45) is 5.92 Å². The number of hydrogen-bond acceptors (Lipinski definition) is 3. The first-order valence-electron chi connectivity index (χ1n) is 6.63. The van der Waals surface area contributed by atoms with Gasteiger partial charge in [-0.05, 0) is 38.8 Å². The van der Waals surface area contributed by atoms with Gasteiger partial charge in [0.2, 0.25) is 5.91 Å². The summed E-state index contributed by atoms with van der Waals surface area (Å²) < 4.78 is 0. The van der Waals surface area contributed by atoms with E-state index in [1.807, 2.05) is 0 Å². The van der Waals surface area contributed by atoms with Crippen molar-refractivity contribution in [3.8, 4) is 0 Å². The lowest BCUT2D eigenvalue weighted by Gasteiger charge is -2.30. The van der Waals surface area contributed by atoms with E-state index in [4.69, 9.17) is 5.11 Å². The molecular formula is C13H24N2O3. The second-order valence-corrected chi connectivity index (χ2v) is 5.29. The number of carboxylic acid groups (broad SMARTS) is 1. The fourth-order valence-electron chi connectivity index (χ4n) is 2.43. The maximum Gasteiger partial charge on any atom is 0.303 e. The molecule has 0 bridgehead atoms. The molecule has 18 heavy (non-hydrogen) atoms. The summed E-state index contributed by atoms with van der Waals surface area (Å²) in [5, 5.41) is 8.55. The Hall–Kier alpha value is -1.10. The fourth-order valence-corrected chi connectivity index (χ4v) is 2.43. The molecule has 0 radical (unpaired) electrons. The average molecular weight is 256 g/mol. The second-order valence-electron chi connectivity index (χ2n) is 5.29. The van der Waals surface area contributed by atoms with Crippen LogP contribution in [0.3, 0.4) is 0 Å².